The lowest BCUT2D eigenvalue weighted by molar-refractivity contribution is 0.102. The Labute approximate surface area is 121 Å². The fourth-order valence-electron chi connectivity index (χ4n) is 1.56. The third-order valence-corrected chi connectivity index (χ3v) is 4.27. The van der Waals surface area contributed by atoms with Crippen LogP contribution in [0, 0.1) is 5.82 Å². The first-order valence-corrected chi connectivity index (χ1v) is 7.60. The Hall–Kier alpha value is -1.33. The second-order valence-corrected chi connectivity index (χ2v) is 6.25. The van der Waals surface area contributed by atoms with E-state index in [0.29, 0.717) is 10.5 Å². The van der Waals surface area contributed by atoms with Crippen molar-refractivity contribution in [2.24, 2.45) is 0 Å². The molecular formula is C14H10BrFO2S. The average Bonchev–Trinajstić information content (AvgIpc) is 2.38. The summed E-state index contributed by atoms with van der Waals surface area (Å²) in [5.41, 5.74) is 0.485. The Balaban J connectivity index is 2.13. The molecule has 0 N–H and O–H groups in total. The number of ketones is 1. The van der Waals surface area contributed by atoms with Crippen molar-refractivity contribution in [1.82, 2.24) is 0 Å². The van der Waals surface area contributed by atoms with E-state index in [9.17, 15) is 13.4 Å². The lowest BCUT2D eigenvalue weighted by atomic mass is 10.2. The number of rotatable bonds is 4. The van der Waals surface area contributed by atoms with Gasteiger partial charge in [-0.3, -0.25) is 9.00 Å². The Morgan fingerprint density at radius 2 is 1.89 bits per heavy atom. The van der Waals surface area contributed by atoms with Gasteiger partial charge in [0.15, 0.2) is 5.78 Å². The molecule has 2 aromatic carbocycles. The third kappa shape index (κ3) is 3.81. The molecule has 0 heterocycles. The van der Waals surface area contributed by atoms with Crippen molar-refractivity contribution in [1.29, 1.82) is 0 Å². The van der Waals surface area contributed by atoms with Crippen molar-refractivity contribution >= 4 is 32.5 Å². The highest BCUT2D eigenvalue weighted by Crippen LogP contribution is 2.14. The Kier molecular flexibility index (Phi) is 4.61. The van der Waals surface area contributed by atoms with E-state index < -0.39 is 16.6 Å². The first kappa shape index (κ1) is 14.1. The zero-order valence-corrected chi connectivity index (χ0v) is 12.2. The summed E-state index contributed by atoms with van der Waals surface area (Å²) in [4.78, 5) is 12.3. The summed E-state index contributed by atoms with van der Waals surface area (Å²) >= 11 is 3.27. The molecule has 5 heteroatoms. The van der Waals surface area contributed by atoms with Crippen molar-refractivity contribution < 1.29 is 13.4 Å². The minimum atomic E-state index is -1.54. The monoisotopic (exact) mass is 340 g/mol. The summed E-state index contributed by atoms with van der Waals surface area (Å²) in [6.45, 7) is 0. The van der Waals surface area contributed by atoms with Crippen molar-refractivity contribution in [3.63, 3.8) is 0 Å². The normalized spacial score (nSPS) is 12.1. The van der Waals surface area contributed by atoms with Crippen LogP contribution in [0.3, 0.4) is 0 Å². The summed E-state index contributed by atoms with van der Waals surface area (Å²) < 4.78 is 25.8. The molecule has 2 nitrogen and oxygen atoms in total. The van der Waals surface area contributed by atoms with Crippen LogP contribution in [0.15, 0.2) is 57.9 Å². The van der Waals surface area contributed by atoms with E-state index >= 15 is 0 Å². The summed E-state index contributed by atoms with van der Waals surface area (Å²) in [6.07, 6.45) is 0. The van der Waals surface area contributed by atoms with Gasteiger partial charge in [-0.15, -0.1) is 0 Å². The molecule has 1 unspecified atom stereocenters. The van der Waals surface area contributed by atoms with E-state index in [1.165, 1.54) is 18.2 Å². The molecular weight excluding hydrogens is 331 g/mol. The van der Waals surface area contributed by atoms with Crippen LogP contribution < -0.4 is 0 Å². The largest absolute Gasteiger partial charge is 0.293 e. The molecule has 0 radical (unpaired) electrons. The minimum absolute atomic E-state index is 0.153. The van der Waals surface area contributed by atoms with Crippen molar-refractivity contribution in [2.75, 3.05) is 5.75 Å². The molecule has 0 spiro atoms. The highest BCUT2D eigenvalue weighted by atomic mass is 79.9. The molecule has 0 saturated carbocycles. The van der Waals surface area contributed by atoms with Gasteiger partial charge in [0.1, 0.15) is 5.82 Å². The average molecular weight is 341 g/mol. The van der Waals surface area contributed by atoms with Gasteiger partial charge in [-0.25, -0.2) is 4.39 Å². The first-order valence-electron chi connectivity index (χ1n) is 5.49. The highest BCUT2D eigenvalue weighted by molar-refractivity contribution is 9.10. The Bertz CT molecular complexity index is 587. The fraction of sp³-hybridized carbons (Fsp3) is 0.0714. The van der Waals surface area contributed by atoms with E-state index in [-0.39, 0.29) is 11.5 Å². The van der Waals surface area contributed by atoms with Gasteiger partial charge in [0.2, 0.25) is 0 Å². The molecule has 0 saturated heterocycles. The predicted octanol–water partition coefficient (Wildman–Crippen LogP) is 3.58. The van der Waals surface area contributed by atoms with Gasteiger partial charge >= 0.3 is 0 Å². The number of halogens is 2. The third-order valence-electron chi connectivity index (χ3n) is 2.47. The quantitative estimate of drug-likeness (QED) is 0.797. The summed E-state index contributed by atoms with van der Waals surface area (Å²) in [5.74, 6) is -0.843. The van der Waals surface area contributed by atoms with E-state index in [2.05, 4.69) is 15.9 Å². The molecule has 2 rings (SSSR count). The molecule has 0 aliphatic heterocycles. The molecule has 0 aliphatic carbocycles. The SMILES string of the molecule is O=C(CS(=O)c1cccc(F)c1)c1cccc(Br)c1. The zero-order chi connectivity index (χ0) is 13.8. The summed E-state index contributed by atoms with van der Waals surface area (Å²) in [6, 6.07) is 12.4. The number of Topliss-reactive ketones (excluding diaryl/α,β-unsaturated/α-hetero) is 1. The lowest BCUT2D eigenvalue weighted by Crippen LogP contribution is -2.11. The van der Waals surface area contributed by atoms with Gasteiger partial charge in [0, 0.05) is 14.9 Å². The van der Waals surface area contributed by atoms with E-state index in [1.807, 2.05) is 0 Å². The first-order chi connectivity index (χ1) is 9.06. The van der Waals surface area contributed by atoms with Crippen molar-refractivity contribution in [3.8, 4) is 0 Å². The predicted molar refractivity (Wildman–Crippen MR) is 76.1 cm³/mol. The maximum absolute atomic E-state index is 13.0. The van der Waals surface area contributed by atoms with Gasteiger partial charge in [0.25, 0.3) is 0 Å². The van der Waals surface area contributed by atoms with Crippen LogP contribution >= 0.6 is 15.9 Å². The van der Waals surface area contributed by atoms with Crippen LogP contribution in [0.5, 0.6) is 0 Å². The van der Waals surface area contributed by atoms with Gasteiger partial charge in [-0.2, -0.15) is 0 Å². The maximum Gasteiger partial charge on any atom is 0.175 e. The van der Waals surface area contributed by atoms with Crippen LogP contribution in [0.2, 0.25) is 0 Å². The molecule has 19 heavy (non-hydrogen) atoms. The van der Waals surface area contributed by atoms with Crippen LogP contribution in [0.1, 0.15) is 10.4 Å². The van der Waals surface area contributed by atoms with Crippen molar-refractivity contribution in [3.05, 3.63) is 64.4 Å². The molecule has 0 aromatic heterocycles. The number of benzene rings is 2. The van der Waals surface area contributed by atoms with Crippen LogP contribution in [-0.4, -0.2) is 15.7 Å². The second kappa shape index (κ2) is 6.21. The fourth-order valence-corrected chi connectivity index (χ4v) is 3.00. The van der Waals surface area contributed by atoms with E-state index in [4.69, 9.17) is 0 Å². The zero-order valence-electron chi connectivity index (χ0n) is 9.81. The van der Waals surface area contributed by atoms with Crippen LogP contribution in [0.4, 0.5) is 4.39 Å². The summed E-state index contributed by atoms with van der Waals surface area (Å²) in [7, 11) is -1.54. The van der Waals surface area contributed by atoms with Gasteiger partial charge in [-0.05, 0) is 30.3 Å². The summed E-state index contributed by atoms with van der Waals surface area (Å²) in [5, 5.41) is 0. The number of carbonyl (C=O) groups excluding carboxylic acids is 1. The Morgan fingerprint density at radius 3 is 2.58 bits per heavy atom. The molecule has 0 fully saturated rings. The standard InChI is InChI=1S/C14H10BrFO2S/c15-11-4-1-3-10(7-11)14(17)9-19(18)13-6-2-5-12(16)8-13/h1-8H,9H2. The number of carbonyl (C=O) groups is 1. The number of hydrogen-bond donors (Lipinski definition) is 0. The van der Waals surface area contributed by atoms with E-state index in [1.54, 1.807) is 30.3 Å². The van der Waals surface area contributed by atoms with Crippen LogP contribution in [0.25, 0.3) is 0 Å². The van der Waals surface area contributed by atoms with Crippen molar-refractivity contribution in [2.45, 2.75) is 4.90 Å². The number of hydrogen-bond acceptors (Lipinski definition) is 2. The Morgan fingerprint density at radius 1 is 1.16 bits per heavy atom. The molecule has 1 atom stereocenters. The lowest BCUT2D eigenvalue weighted by Gasteiger charge is -2.03. The topological polar surface area (TPSA) is 34.1 Å². The highest BCUT2D eigenvalue weighted by Gasteiger charge is 2.13. The second-order valence-electron chi connectivity index (χ2n) is 3.88. The van der Waals surface area contributed by atoms with Gasteiger partial charge in [-0.1, -0.05) is 34.1 Å². The van der Waals surface area contributed by atoms with E-state index in [0.717, 1.165) is 4.47 Å². The van der Waals surface area contributed by atoms with Crippen LogP contribution in [-0.2, 0) is 10.8 Å². The van der Waals surface area contributed by atoms with Gasteiger partial charge < -0.3 is 0 Å². The molecule has 0 bridgehead atoms. The molecule has 98 valence electrons. The molecule has 2 aromatic rings. The molecule has 0 aliphatic rings. The minimum Gasteiger partial charge on any atom is -0.293 e. The molecule has 0 amide bonds. The smallest absolute Gasteiger partial charge is 0.175 e. The maximum atomic E-state index is 13.0. The van der Waals surface area contributed by atoms with Gasteiger partial charge in [0.05, 0.1) is 16.6 Å².